The standard InChI is InChI=1S/C25H24ClN5O4/c26-17-5-8-23(27-14-17)31-11-9-30(10-12-31)15-24(32)29-20-4-2-1-3-19(20)25(33)28-18-6-7-21-22(13-18)35-16-34-21/h1-8,13-14H,9-12,15-16H2,(H,28,33)(H,29,32). The molecule has 1 saturated heterocycles. The van der Waals surface area contributed by atoms with E-state index in [4.69, 9.17) is 21.1 Å². The molecule has 3 heterocycles. The van der Waals surface area contributed by atoms with Crippen LogP contribution in [0.4, 0.5) is 17.2 Å². The van der Waals surface area contributed by atoms with E-state index < -0.39 is 0 Å². The normalized spacial score (nSPS) is 15.1. The average molecular weight is 494 g/mol. The maximum absolute atomic E-state index is 12.9. The van der Waals surface area contributed by atoms with Gasteiger partial charge in [-0.25, -0.2) is 4.98 Å². The zero-order chi connectivity index (χ0) is 24.2. The van der Waals surface area contributed by atoms with Crippen molar-refractivity contribution in [2.45, 2.75) is 0 Å². The lowest BCUT2D eigenvalue weighted by Crippen LogP contribution is -2.49. The number of para-hydroxylation sites is 1. The van der Waals surface area contributed by atoms with Gasteiger partial charge in [-0.1, -0.05) is 23.7 Å². The minimum Gasteiger partial charge on any atom is -0.454 e. The third-order valence-corrected chi connectivity index (χ3v) is 6.08. The predicted octanol–water partition coefficient (Wildman–Crippen LogP) is 3.48. The number of pyridine rings is 1. The molecule has 0 aliphatic carbocycles. The van der Waals surface area contributed by atoms with E-state index in [1.807, 2.05) is 12.1 Å². The summed E-state index contributed by atoms with van der Waals surface area (Å²) in [6, 6.07) is 15.9. The highest BCUT2D eigenvalue weighted by atomic mass is 35.5. The van der Waals surface area contributed by atoms with Gasteiger partial charge in [0.2, 0.25) is 12.7 Å². The van der Waals surface area contributed by atoms with E-state index in [0.717, 1.165) is 32.0 Å². The van der Waals surface area contributed by atoms with Gasteiger partial charge in [0.25, 0.3) is 5.91 Å². The Morgan fingerprint density at radius 2 is 1.74 bits per heavy atom. The van der Waals surface area contributed by atoms with Crippen LogP contribution in [0.15, 0.2) is 60.8 Å². The van der Waals surface area contributed by atoms with Gasteiger partial charge in [-0.15, -0.1) is 0 Å². The Bertz CT molecular complexity index is 1230. The van der Waals surface area contributed by atoms with E-state index in [0.29, 0.717) is 33.5 Å². The Labute approximate surface area is 207 Å². The third-order valence-electron chi connectivity index (χ3n) is 5.85. The van der Waals surface area contributed by atoms with Crippen molar-refractivity contribution in [1.29, 1.82) is 0 Å². The van der Waals surface area contributed by atoms with Crippen LogP contribution < -0.4 is 25.0 Å². The molecule has 2 aliphatic heterocycles. The van der Waals surface area contributed by atoms with Gasteiger partial charge >= 0.3 is 0 Å². The zero-order valence-corrected chi connectivity index (χ0v) is 19.6. The summed E-state index contributed by atoms with van der Waals surface area (Å²) < 4.78 is 10.7. The van der Waals surface area contributed by atoms with Crippen molar-refractivity contribution in [3.8, 4) is 11.5 Å². The average Bonchev–Trinajstić information content (AvgIpc) is 3.33. The number of hydrogen-bond acceptors (Lipinski definition) is 7. The van der Waals surface area contributed by atoms with Crippen LogP contribution in [-0.4, -0.2) is 61.2 Å². The monoisotopic (exact) mass is 493 g/mol. The van der Waals surface area contributed by atoms with Crippen molar-refractivity contribution in [2.24, 2.45) is 0 Å². The Morgan fingerprint density at radius 1 is 0.943 bits per heavy atom. The Kier molecular flexibility index (Phi) is 6.69. The minimum absolute atomic E-state index is 0.161. The molecule has 0 spiro atoms. The maximum atomic E-state index is 12.9. The fourth-order valence-electron chi connectivity index (χ4n) is 4.05. The van der Waals surface area contributed by atoms with E-state index in [1.54, 1.807) is 48.7 Å². The number of aromatic nitrogens is 1. The van der Waals surface area contributed by atoms with Crippen LogP contribution in [0.3, 0.4) is 0 Å². The summed E-state index contributed by atoms with van der Waals surface area (Å²) in [7, 11) is 0. The molecule has 2 aromatic carbocycles. The van der Waals surface area contributed by atoms with Gasteiger partial charge < -0.3 is 25.0 Å². The maximum Gasteiger partial charge on any atom is 0.257 e. The first-order valence-corrected chi connectivity index (χ1v) is 11.6. The number of amides is 2. The van der Waals surface area contributed by atoms with Crippen molar-refractivity contribution >= 4 is 40.6 Å². The number of anilines is 3. The second kappa shape index (κ2) is 10.2. The molecular weight excluding hydrogens is 470 g/mol. The molecule has 10 heteroatoms. The molecule has 0 atom stereocenters. The molecule has 35 heavy (non-hydrogen) atoms. The number of carbonyl (C=O) groups excluding carboxylic acids is 2. The summed E-state index contributed by atoms with van der Waals surface area (Å²) in [4.78, 5) is 34.3. The molecule has 0 unspecified atom stereocenters. The van der Waals surface area contributed by atoms with Crippen LogP contribution in [0.25, 0.3) is 0 Å². The number of hydrogen-bond donors (Lipinski definition) is 2. The molecule has 2 amide bonds. The Hall–Kier alpha value is -3.82. The molecular formula is C25H24ClN5O4. The molecule has 0 bridgehead atoms. The van der Waals surface area contributed by atoms with E-state index in [-0.39, 0.29) is 25.2 Å². The van der Waals surface area contributed by atoms with E-state index in [1.165, 1.54) is 0 Å². The van der Waals surface area contributed by atoms with Crippen molar-refractivity contribution in [3.05, 3.63) is 71.4 Å². The molecule has 2 aliphatic rings. The Morgan fingerprint density at radius 3 is 2.54 bits per heavy atom. The van der Waals surface area contributed by atoms with Gasteiger partial charge in [-0.3, -0.25) is 14.5 Å². The SMILES string of the molecule is O=C(CN1CCN(c2ccc(Cl)cn2)CC1)Nc1ccccc1C(=O)Nc1ccc2c(c1)OCO2. The largest absolute Gasteiger partial charge is 0.454 e. The van der Waals surface area contributed by atoms with Crippen LogP contribution in [0.2, 0.25) is 5.02 Å². The molecule has 9 nitrogen and oxygen atoms in total. The lowest BCUT2D eigenvalue weighted by atomic mass is 10.1. The van der Waals surface area contributed by atoms with Gasteiger partial charge in [-0.2, -0.15) is 0 Å². The highest BCUT2D eigenvalue weighted by Crippen LogP contribution is 2.34. The van der Waals surface area contributed by atoms with Crippen LogP contribution in [0.5, 0.6) is 11.5 Å². The van der Waals surface area contributed by atoms with Crippen LogP contribution in [0, 0.1) is 0 Å². The van der Waals surface area contributed by atoms with E-state index >= 15 is 0 Å². The number of carbonyl (C=O) groups is 2. The lowest BCUT2D eigenvalue weighted by Gasteiger charge is -2.35. The van der Waals surface area contributed by atoms with Gasteiger partial charge in [-0.05, 0) is 36.4 Å². The first-order chi connectivity index (χ1) is 17.0. The fourth-order valence-corrected chi connectivity index (χ4v) is 4.16. The molecule has 2 N–H and O–H groups in total. The number of rotatable bonds is 6. The topological polar surface area (TPSA) is 96.0 Å². The lowest BCUT2D eigenvalue weighted by molar-refractivity contribution is -0.117. The number of ether oxygens (including phenoxy) is 2. The van der Waals surface area contributed by atoms with Crippen molar-refractivity contribution < 1.29 is 19.1 Å². The summed E-state index contributed by atoms with van der Waals surface area (Å²) in [6.45, 7) is 3.37. The molecule has 1 fully saturated rings. The van der Waals surface area contributed by atoms with Gasteiger partial charge in [0, 0.05) is 44.1 Å². The number of halogens is 1. The van der Waals surface area contributed by atoms with E-state index in [2.05, 4.69) is 25.4 Å². The quantitative estimate of drug-likeness (QED) is 0.542. The number of piperazine rings is 1. The third kappa shape index (κ3) is 5.47. The highest BCUT2D eigenvalue weighted by molar-refractivity contribution is 6.30. The van der Waals surface area contributed by atoms with E-state index in [9.17, 15) is 9.59 Å². The molecule has 3 aromatic rings. The summed E-state index contributed by atoms with van der Waals surface area (Å²) in [5, 5.41) is 6.34. The zero-order valence-electron chi connectivity index (χ0n) is 18.9. The number of nitrogens with one attached hydrogen (secondary N) is 2. The summed E-state index contributed by atoms with van der Waals surface area (Å²) in [5.41, 5.74) is 1.41. The molecule has 5 rings (SSSR count). The first kappa shape index (κ1) is 22.9. The summed E-state index contributed by atoms with van der Waals surface area (Å²) >= 11 is 5.92. The second-order valence-electron chi connectivity index (χ2n) is 8.21. The van der Waals surface area contributed by atoms with Crippen molar-refractivity contribution in [2.75, 3.05) is 55.1 Å². The van der Waals surface area contributed by atoms with Gasteiger partial charge in [0.15, 0.2) is 11.5 Å². The molecule has 180 valence electrons. The van der Waals surface area contributed by atoms with Crippen LogP contribution in [-0.2, 0) is 4.79 Å². The summed E-state index contributed by atoms with van der Waals surface area (Å²) in [5.74, 6) is 1.59. The van der Waals surface area contributed by atoms with Crippen molar-refractivity contribution in [1.82, 2.24) is 9.88 Å². The van der Waals surface area contributed by atoms with Gasteiger partial charge in [0.1, 0.15) is 5.82 Å². The van der Waals surface area contributed by atoms with Crippen molar-refractivity contribution in [3.63, 3.8) is 0 Å². The minimum atomic E-state index is -0.330. The van der Waals surface area contributed by atoms with Crippen LogP contribution in [0.1, 0.15) is 10.4 Å². The number of nitrogens with zero attached hydrogens (tertiary/aromatic N) is 3. The fraction of sp³-hybridized carbons (Fsp3) is 0.240. The smallest absolute Gasteiger partial charge is 0.257 e. The predicted molar refractivity (Wildman–Crippen MR) is 133 cm³/mol. The highest BCUT2D eigenvalue weighted by Gasteiger charge is 2.21. The van der Waals surface area contributed by atoms with Crippen LogP contribution >= 0.6 is 11.6 Å². The first-order valence-electron chi connectivity index (χ1n) is 11.2. The Balaban J connectivity index is 1.17. The molecule has 0 saturated carbocycles. The molecule has 1 aromatic heterocycles. The number of fused-ring (bicyclic) bond motifs is 1. The summed E-state index contributed by atoms with van der Waals surface area (Å²) in [6.07, 6.45) is 1.64. The second-order valence-corrected chi connectivity index (χ2v) is 8.65. The number of benzene rings is 2. The molecule has 0 radical (unpaired) electrons. The van der Waals surface area contributed by atoms with Gasteiger partial charge in [0.05, 0.1) is 22.8 Å².